The van der Waals surface area contributed by atoms with Crippen LogP contribution in [0.1, 0.15) is 5.56 Å². The predicted molar refractivity (Wildman–Crippen MR) is 78.3 cm³/mol. The van der Waals surface area contributed by atoms with Gasteiger partial charge in [0.2, 0.25) is 5.91 Å². The number of ether oxygens (including phenoxy) is 1. The van der Waals surface area contributed by atoms with Gasteiger partial charge in [0.25, 0.3) is 0 Å². The van der Waals surface area contributed by atoms with E-state index in [1.165, 1.54) is 10.5 Å². The summed E-state index contributed by atoms with van der Waals surface area (Å²) in [7, 11) is 1.69. The molecule has 3 amide bonds. The highest BCUT2D eigenvalue weighted by Gasteiger charge is 2.30. The molecule has 0 spiro atoms. The van der Waals surface area contributed by atoms with Crippen LogP contribution in [0.5, 0.6) is 0 Å². The molecule has 0 aromatic heterocycles. The molecule has 0 aliphatic carbocycles. The maximum atomic E-state index is 12.3. The number of methoxy groups -OCH3 is 1. The zero-order valence-corrected chi connectivity index (χ0v) is 12.0. The van der Waals surface area contributed by atoms with Gasteiger partial charge >= 0.3 is 6.03 Å². The number of carbonyl (C=O) groups is 2. The predicted octanol–water partition coefficient (Wildman–Crippen LogP) is 0.616. The molecule has 1 saturated heterocycles. The number of benzene rings is 1. The highest BCUT2D eigenvalue weighted by atomic mass is 16.5. The summed E-state index contributed by atoms with van der Waals surface area (Å²) in [5, 5.41) is 2.65. The minimum absolute atomic E-state index is 0.0695. The number of urea groups is 1. The van der Waals surface area contributed by atoms with E-state index in [0.717, 1.165) is 12.1 Å². The van der Waals surface area contributed by atoms with Crippen molar-refractivity contribution >= 4 is 17.6 Å². The van der Waals surface area contributed by atoms with Crippen LogP contribution in [0, 0.1) is 0 Å². The van der Waals surface area contributed by atoms with Crippen molar-refractivity contribution in [3.8, 4) is 0 Å². The van der Waals surface area contributed by atoms with Gasteiger partial charge in [-0.15, -0.1) is 0 Å². The van der Waals surface area contributed by atoms with Gasteiger partial charge in [-0.2, -0.15) is 0 Å². The number of anilines is 1. The maximum Gasteiger partial charge on any atom is 0.324 e. The molecule has 21 heavy (non-hydrogen) atoms. The third-order valence-electron chi connectivity index (χ3n) is 4.02. The van der Waals surface area contributed by atoms with Crippen LogP contribution in [-0.2, 0) is 16.0 Å². The van der Waals surface area contributed by atoms with Crippen molar-refractivity contribution in [3.63, 3.8) is 0 Å². The number of imide groups is 1. The average molecular weight is 289 g/mol. The molecule has 0 bridgehead atoms. The molecule has 6 heteroatoms. The second-order valence-corrected chi connectivity index (χ2v) is 5.35. The lowest BCUT2D eigenvalue weighted by molar-refractivity contribution is -0.126. The van der Waals surface area contributed by atoms with Crippen LogP contribution in [0.2, 0.25) is 0 Å². The minimum atomic E-state index is -0.298. The van der Waals surface area contributed by atoms with Crippen molar-refractivity contribution < 1.29 is 14.3 Å². The molecule has 1 aromatic rings. The molecule has 1 N–H and O–H groups in total. The van der Waals surface area contributed by atoms with Gasteiger partial charge in [0.15, 0.2) is 0 Å². The lowest BCUT2D eigenvalue weighted by atomic mass is 9.99. The summed E-state index contributed by atoms with van der Waals surface area (Å²) in [5.41, 5.74) is 2.23. The average Bonchev–Trinajstić information content (AvgIpc) is 2.93. The Balaban J connectivity index is 1.78. The van der Waals surface area contributed by atoms with Gasteiger partial charge in [-0.05, 0) is 11.6 Å². The van der Waals surface area contributed by atoms with Crippen molar-refractivity contribution in [1.82, 2.24) is 10.2 Å². The Hall–Kier alpha value is -2.08. The van der Waals surface area contributed by atoms with E-state index in [9.17, 15) is 9.59 Å². The molecule has 0 radical (unpaired) electrons. The van der Waals surface area contributed by atoms with Crippen molar-refractivity contribution in [3.05, 3.63) is 29.8 Å². The van der Waals surface area contributed by atoms with E-state index < -0.39 is 0 Å². The van der Waals surface area contributed by atoms with Crippen molar-refractivity contribution in [1.29, 1.82) is 0 Å². The summed E-state index contributed by atoms with van der Waals surface area (Å²) >= 11 is 0. The molecule has 1 atom stereocenters. The molecule has 0 saturated carbocycles. The molecule has 2 aliphatic rings. The third kappa shape index (κ3) is 2.71. The first kappa shape index (κ1) is 13.9. The van der Waals surface area contributed by atoms with E-state index in [-0.39, 0.29) is 24.6 Å². The highest BCUT2D eigenvalue weighted by Crippen LogP contribution is 2.27. The summed E-state index contributed by atoms with van der Waals surface area (Å²) in [6, 6.07) is 7.73. The topological polar surface area (TPSA) is 61.9 Å². The van der Waals surface area contributed by atoms with E-state index in [0.29, 0.717) is 19.6 Å². The smallest absolute Gasteiger partial charge is 0.324 e. The fraction of sp³-hybridized carbons (Fsp3) is 0.467. The summed E-state index contributed by atoms with van der Waals surface area (Å²) in [6.07, 6.45) is 0.918. The number of hydrogen-bond donors (Lipinski definition) is 1. The highest BCUT2D eigenvalue weighted by molar-refractivity contribution is 5.97. The zero-order chi connectivity index (χ0) is 14.8. The Morgan fingerprint density at radius 2 is 2.24 bits per heavy atom. The van der Waals surface area contributed by atoms with Crippen LogP contribution in [0.25, 0.3) is 0 Å². The molecule has 2 aliphatic heterocycles. The van der Waals surface area contributed by atoms with E-state index >= 15 is 0 Å². The van der Waals surface area contributed by atoms with E-state index in [4.69, 9.17) is 4.74 Å². The number of nitrogens with zero attached hydrogens (tertiary/aromatic N) is 2. The van der Waals surface area contributed by atoms with Crippen molar-refractivity contribution in [2.75, 3.05) is 38.2 Å². The van der Waals surface area contributed by atoms with Crippen LogP contribution in [0.3, 0.4) is 0 Å². The standard InChI is InChI=1S/C15H19N3O3/c1-21-12-8-11-4-2-3-5-13(11)17(9-12)10-14(19)18-7-6-16-15(18)20/h2-5,12H,6-10H2,1H3,(H,16,20). The van der Waals surface area contributed by atoms with Gasteiger partial charge in [0.05, 0.1) is 12.6 Å². The Bertz CT molecular complexity index is 561. The van der Waals surface area contributed by atoms with Gasteiger partial charge in [-0.3, -0.25) is 9.69 Å². The molecular formula is C15H19N3O3. The summed E-state index contributed by atoms with van der Waals surface area (Å²) < 4.78 is 5.46. The van der Waals surface area contributed by atoms with Gasteiger partial charge in [0, 0.05) is 38.9 Å². The fourth-order valence-electron chi connectivity index (χ4n) is 2.91. The normalized spacial score (nSPS) is 21.2. The lowest BCUT2D eigenvalue weighted by Crippen LogP contribution is -2.47. The number of hydrogen-bond acceptors (Lipinski definition) is 4. The minimum Gasteiger partial charge on any atom is -0.379 e. The number of para-hydroxylation sites is 1. The Morgan fingerprint density at radius 1 is 1.43 bits per heavy atom. The SMILES string of the molecule is COC1Cc2ccccc2N(CC(=O)N2CCNC2=O)C1. The fourth-order valence-corrected chi connectivity index (χ4v) is 2.91. The molecule has 1 aromatic carbocycles. The second-order valence-electron chi connectivity index (χ2n) is 5.35. The number of fused-ring (bicyclic) bond motifs is 1. The lowest BCUT2D eigenvalue weighted by Gasteiger charge is -2.35. The van der Waals surface area contributed by atoms with E-state index in [1.54, 1.807) is 7.11 Å². The van der Waals surface area contributed by atoms with Crippen LogP contribution >= 0.6 is 0 Å². The number of nitrogens with one attached hydrogen (secondary N) is 1. The quantitative estimate of drug-likeness (QED) is 0.886. The number of rotatable bonds is 3. The first-order valence-corrected chi connectivity index (χ1v) is 7.13. The van der Waals surface area contributed by atoms with Crippen LogP contribution < -0.4 is 10.2 Å². The number of carbonyl (C=O) groups excluding carboxylic acids is 2. The summed E-state index contributed by atoms with van der Waals surface area (Å²) in [5.74, 6) is -0.170. The Kier molecular flexibility index (Phi) is 3.79. The van der Waals surface area contributed by atoms with Gasteiger partial charge in [-0.1, -0.05) is 18.2 Å². The van der Waals surface area contributed by atoms with Crippen LogP contribution in [0.4, 0.5) is 10.5 Å². The third-order valence-corrected chi connectivity index (χ3v) is 4.02. The Labute approximate surface area is 123 Å². The molecule has 6 nitrogen and oxygen atoms in total. The first-order chi connectivity index (χ1) is 10.2. The van der Waals surface area contributed by atoms with Crippen LogP contribution in [-0.4, -0.2) is 56.2 Å². The van der Waals surface area contributed by atoms with Crippen molar-refractivity contribution in [2.24, 2.45) is 0 Å². The molecule has 1 unspecified atom stereocenters. The monoisotopic (exact) mass is 289 g/mol. The zero-order valence-electron chi connectivity index (χ0n) is 12.0. The molecular weight excluding hydrogens is 270 g/mol. The summed E-state index contributed by atoms with van der Waals surface area (Å²) in [4.78, 5) is 27.2. The molecule has 112 valence electrons. The molecule has 3 rings (SSSR count). The second kappa shape index (κ2) is 5.73. The molecule has 1 fully saturated rings. The van der Waals surface area contributed by atoms with E-state index in [2.05, 4.69) is 11.4 Å². The Morgan fingerprint density at radius 3 is 2.95 bits per heavy atom. The summed E-state index contributed by atoms with van der Waals surface area (Å²) in [6.45, 7) is 1.84. The van der Waals surface area contributed by atoms with Gasteiger partial charge < -0.3 is 15.0 Å². The number of amides is 3. The van der Waals surface area contributed by atoms with Crippen molar-refractivity contribution in [2.45, 2.75) is 12.5 Å². The van der Waals surface area contributed by atoms with Crippen LogP contribution in [0.15, 0.2) is 24.3 Å². The van der Waals surface area contributed by atoms with Gasteiger partial charge in [-0.25, -0.2) is 4.79 Å². The largest absolute Gasteiger partial charge is 0.379 e. The van der Waals surface area contributed by atoms with Gasteiger partial charge in [0.1, 0.15) is 0 Å². The van der Waals surface area contributed by atoms with E-state index in [1.807, 2.05) is 23.1 Å². The maximum absolute atomic E-state index is 12.3. The first-order valence-electron chi connectivity index (χ1n) is 7.13. The molecule has 2 heterocycles.